The number of aromatic nitrogens is 1. The zero-order chi connectivity index (χ0) is 10.8. The minimum Gasteiger partial charge on any atom is -0.389 e. The van der Waals surface area contributed by atoms with Gasteiger partial charge < -0.3 is 20.8 Å². The number of pyridine rings is 1. The molecule has 2 rings (SSSR count). The third kappa shape index (κ3) is 1.94. The second kappa shape index (κ2) is 4.14. The summed E-state index contributed by atoms with van der Waals surface area (Å²) in [7, 11) is 0. The standard InChI is InChI=1S/C10H15N3O2/c11-3-7-1-2-12-4-8(7)13-5-9(14)10(15)6-13/h1-2,4,9-10,14-15H,3,5-6,11H2. The number of hydrogen-bond acceptors (Lipinski definition) is 5. The molecule has 82 valence electrons. The smallest absolute Gasteiger partial charge is 0.0990 e. The predicted octanol–water partition coefficient (Wildman–Crippen LogP) is -0.918. The van der Waals surface area contributed by atoms with Gasteiger partial charge in [0.1, 0.15) is 0 Å². The molecule has 0 spiro atoms. The van der Waals surface area contributed by atoms with Crippen molar-refractivity contribution < 1.29 is 10.2 Å². The second-order valence-electron chi connectivity index (χ2n) is 3.75. The summed E-state index contributed by atoms with van der Waals surface area (Å²) in [5, 5.41) is 18.9. The Morgan fingerprint density at radius 2 is 2.07 bits per heavy atom. The molecule has 4 N–H and O–H groups in total. The van der Waals surface area contributed by atoms with Crippen molar-refractivity contribution >= 4 is 5.69 Å². The SMILES string of the molecule is NCc1ccncc1N1CC(O)C(O)C1. The fourth-order valence-corrected chi connectivity index (χ4v) is 1.84. The first kappa shape index (κ1) is 10.4. The molecule has 0 aliphatic carbocycles. The number of aliphatic hydroxyl groups excluding tert-OH is 2. The summed E-state index contributed by atoms with van der Waals surface area (Å²) in [5.41, 5.74) is 7.48. The van der Waals surface area contributed by atoms with E-state index in [4.69, 9.17) is 5.73 Å². The van der Waals surface area contributed by atoms with Crippen LogP contribution in [-0.4, -0.2) is 40.5 Å². The lowest BCUT2D eigenvalue weighted by Gasteiger charge is -2.20. The topological polar surface area (TPSA) is 82.6 Å². The predicted molar refractivity (Wildman–Crippen MR) is 56.4 cm³/mol. The molecule has 2 heterocycles. The van der Waals surface area contributed by atoms with E-state index in [0.29, 0.717) is 19.6 Å². The molecule has 1 aliphatic rings. The first-order valence-electron chi connectivity index (χ1n) is 4.96. The van der Waals surface area contributed by atoms with E-state index < -0.39 is 12.2 Å². The zero-order valence-corrected chi connectivity index (χ0v) is 8.37. The largest absolute Gasteiger partial charge is 0.389 e. The highest BCUT2D eigenvalue weighted by atomic mass is 16.3. The van der Waals surface area contributed by atoms with Crippen molar-refractivity contribution in [1.82, 2.24) is 4.98 Å². The van der Waals surface area contributed by atoms with Crippen LogP contribution in [0.15, 0.2) is 18.5 Å². The molecule has 5 nitrogen and oxygen atoms in total. The minimum atomic E-state index is -0.684. The minimum absolute atomic E-state index is 0.430. The number of hydrogen-bond donors (Lipinski definition) is 3. The Labute approximate surface area is 88.2 Å². The molecule has 0 bridgehead atoms. The van der Waals surface area contributed by atoms with Crippen molar-refractivity contribution in [3.8, 4) is 0 Å². The van der Waals surface area contributed by atoms with Gasteiger partial charge in [0.05, 0.1) is 24.1 Å². The van der Waals surface area contributed by atoms with Gasteiger partial charge in [-0.05, 0) is 11.6 Å². The summed E-state index contributed by atoms with van der Waals surface area (Å²) in [5.74, 6) is 0. The van der Waals surface area contributed by atoms with Crippen molar-refractivity contribution in [1.29, 1.82) is 0 Å². The molecule has 2 atom stereocenters. The summed E-state index contributed by atoms with van der Waals surface area (Å²) in [6, 6.07) is 1.85. The van der Waals surface area contributed by atoms with Crippen LogP contribution in [0.25, 0.3) is 0 Å². The van der Waals surface area contributed by atoms with Gasteiger partial charge in [0, 0.05) is 25.8 Å². The highest BCUT2D eigenvalue weighted by Gasteiger charge is 2.30. The van der Waals surface area contributed by atoms with Gasteiger partial charge in [0.15, 0.2) is 0 Å². The molecule has 1 saturated heterocycles. The number of nitrogens with zero attached hydrogens (tertiary/aromatic N) is 2. The van der Waals surface area contributed by atoms with Gasteiger partial charge in [-0.3, -0.25) is 4.98 Å². The maximum Gasteiger partial charge on any atom is 0.0990 e. The van der Waals surface area contributed by atoms with E-state index in [2.05, 4.69) is 4.98 Å². The average Bonchev–Trinajstić information content (AvgIpc) is 2.59. The molecule has 1 aliphatic heterocycles. The van der Waals surface area contributed by atoms with Crippen LogP contribution in [0.5, 0.6) is 0 Å². The molecule has 0 saturated carbocycles. The molecule has 2 unspecified atom stereocenters. The van der Waals surface area contributed by atoms with Crippen LogP contribution < -0.4 is 10.6 Å². The van der Waals surface area contributed by atoms with Crippen molar-refractivity contribution in [2.24, 2.45) is 5.73 Å². The van der Waals surface area contributed by atoms with Gasteiger partial charge in [0.25, 0.3) is 0 Å². The molecule has 15 heavy (non-hydrogen) atoms. The Hall–Kier alpha value is -1.17. The van der Waals surface area contributed by atoms with Gasteiger partial charge in [0.2, 0.25) is 0 Å². The van der Waals surface area contributed by atoms with Gasteiger partial charge >= 0.3 is 0 Å². The summed E-state index contributed by atoms with van der Waals surface area (Å²) in [6.07, 6.45) is 2.04. The number of rotatable bonds is 2. The number of β-amino-alcohol motifs (C(OH)–C–C–N with tert-alkyl or cyclic N) is 2. The van der Waals surface area contributed by atoms with E-state index in [-0.39, 0.29) is 0 Å². The van der Waals surface area contributed by atoms with Gasteiger partial charge in [-0.2, -0.15) is 0 Å². The van der Waals surface area contributed by atoms with E-state index in [1.54, 1.807) is 12.4 Å². The van der Waals surface area contributed by atoms with E-state index >= 15 is 0 Å². The van der Waals surface area contributed by atoms with Crippen LogP contribution in [0, 0.1) is 0 Å². The van der Waals surface area contributed by atoms with Gasteiger partial charge in [-0.15, -0.1) is 0 Å². The van der Waals surface area contributed by atoms with Crippen LogP contribution >= 0.6 is 0 Å². The van der Waals surface area contributed by atoms with E-state index in [0.717, 1.165) is 11.3 Å². The normalized spacial score (nSPS) is 25.9. The number of nitrogens with two attached hydrogens (primary N) is 1. The number of aliphatic hydroxyl groups is 2. The molecule has 1 aromatic heterocycles. The maximum atomic E-state index is 9.45. The molecule has 5 heteroatoms. The first-order chi connectivity index (χ1) is 7.22. The van der Waals surface area contributed by atoms with Gasteiger partial charge in [-0.25, -0.2) is 0 Å². The lowest BCUT2D eigenvalue weighted by molar-refractivity contribution is 0.0572. The molecular weight excluding hydrogens is 194 g/mol. The summed E-state index contributed by atoms with van der Waals surface area (Å²) in [6.45, 7) is 1.29. The third-order valence-electron chi connectivity index (χ3n) is 2.71. The molecule has 0 radical (unpaired) electrons. The summed E-state index contributed by atoms with van der Waals surface area (Å²) in [4.78, 5) is 5.93. The van der Waals surface area contributed by atoms with Crippen molar-refractivity contribution in [3.63, 3.8) is 0 Å². The van der Waals surface area contributed by atoms with Crippen LogP contribution in [0.3, 0.4) is 0 Å². The van der Waals surface area contributed by atoms with Crippen LogP contribution in [0.4, 0.5) is 5.69 Å². The molecule has 1 aromatic rings. The van der Waals surface area contributed by atoms with Crippen LogP contribution in [0.2, 0.25) is 0 Å². The quantitative estimate of drug-likeness (QED) is 0.587. The second-order valence-corrected chi connectivity index (χ2v) is 3.75. The van der Waals surface area contributed by atoms with Crippen LogP contribution in [0.1, 0.15) is 5.56 Å². The van der Waals surface area contributed by atoms with Crippen molar-refractivity contribution in [2.45, 2.75) is 18.8 Å². The summed E-state index contributed by atoms with van der Waals surface area (Å²) < 4.78 is 0. The highest BCUT2D eigenvalue weighted by molar-refractivity contribution is 5.52. The summed E-state index contributed by atoms with van der Waals surface area (Å²) >= 11 is 0. The molecule has 0 amide bonds. The maximum absolute atomic E-state index is 9.45. The van der Waals surface area contributed by atoms with Crippen molar-refractivity contribution in [2.75, 3.05) is 18.0 Å². The molecular formula is C10H15N3O2. The Kier molecular flexibility index (Phi) is 2.86. The Bertz CT molecular complexity index is 335. The average molecular weight is 209 g/mol. The lowest BCUT2D eigenvalue weighted by Crippen LogP contribution is -2.23. The van der Waals surface area contributed by atoms with Crippen molar-refractivity contribution in [3.05, 3.63) is 24.0 Å². The fourth-order valence-electron chi connectivity index (χ4n) is 1.84. The monoisotopic (exact) mass is 209 g/mol. The number of anilines is 1. The first-order valence-corrected chi connectivity index (χ1v) is 4.96. The fraction of sp³-hybridized carbons (Fsp3) is 0.500. The Morgan fingerprint density at radius 3 is 2.67 bits per heavy atom. The zero-order valence-electron chi connectivity index (χ0n) is 8.37. The van der Waals surface area contributed by atoms with E-state index in [1.807, 2.05) is 11.0 Å². The lowest BCUT2D eigenvalue weighted by atomic mass is 10.2. The molecule has 1 fully saturated rings. The van der Waals surface area contributed by atoms with E-state index in [9.17, 15) is 10.2 Å². The highest BCUT2D eigenvalue weighted by Crippen LogP contribution is 2.23. The van der Waals surface area contributed by atoms with Crippen LogP contribution in [-0.2, 0) is 6.54 Å². The Morgan fingerprint density at radius 1 is 1.40 bits per heavy atom. The third-order valence-corrected chi connectivity index (χ3v) is 2.71. The Balaban J connectivity index is 2.23. The molecule has 0 aromatic carbocycles. The van der Waals surface area contributed by atoms with E-state index in [1.165, 1.54) is 0 Å². The van der Waals surface area contributed by atoms with Gasteiger partial charge in [-0.1, -0.05) is 0 Å².